The van der Waals surface area contributed by atoms with Crippen molar-refractivity contribution in [3.05, 3.63) is 59.4 Å². The molecular formula is C16H19FN2O. The summed E-state index contributed by atoms with van der Waals surface area (Å²) in [5, 5.41) is 0. The van der Waals surface area contributed by atoms with Crippen LogP contribution in [0.3, 0.4) is 0 Å². The Kier molecular flexibility index (Phi) is 4.58. The van der Waals surface area contributed by atoms with E-state index in [1.54, 1.807) is 19.2 Å². The van der Waals surface area contributed by atoms with Crippen LogP contribution in [0.5, 0.6) is 5.75 Å². The molecule has 0 aliphatic carbocycles. The van der Waals surface area contributed by atoms with Crippen LogP contribution < -0.4 is 10.5 Å². The zero-order chi connectivity index (χ0) is 14.5. The van der Waals surface area contributed by atoms with Crippen LogP contribution >= 0.6 is 0 Å². The maximum absolute atomic E-state index is 12.9. The van der Waals surface area contributed by atoms with Gasteiger partial charge >= 0.3 is 0 Å². The molecule has 0 spiro atoms. The van der Waals surface area contributed by atoms with Gasteiger partial charge in [0, 0.05) is 30.4 Å². The highest BCUT2D eigenvalue weighted by Gasteiger charge is 2.07. The van der Waals surface area contributed by atoms with Gasteiger partial charge in [-0.2, -0.15) is 0 Å². The Morgan fingerprint density at radius 1 is 1.10 bits per heavy atom. The second-order valence-corrected chi connectivity index (χ2v) is 4.87. The molecular weight excluding hydrogens is 255 g/mol. The summed E-state index contributed by atoms with van der Waals surface area (Å²) in [6.45, 7) is 1.48. The smallest absolute Gasteiger partial charge is 0.125 e. The van der Waals surface area contributed by atoms with Gasteiger partial charge in [-0.3, -0.25) is 4.90 Å². The first-order chi connectivity index (χ1) is 9.58. The summed E-state index contributed by atoms with van der Waals surface area (Å²) >= 11 is 0. The molecule has 3 nitrogen and oxygen atoms in total. The predicted octanol–water partition coefficient (Wildman–Crippen LogP) is 3.05. The van der Waals surface area contributed by atoms with E-state index in [9.17, 15) is 4.39 Å². The molecule has 4 heteroatoms. The molecule has 0 aliphatic rings. The number of benzene rings is 2. The molecule has 2 N–H and O–H groups in total. The predicted molar refractivity (Wildman–Crippen MR) is 79.0 cm³/mol. The van der Waals surface area contributed by atoms with E-state index in [2.05, 4.69) is 4.90 Å². The lowest BCUT2D eigenvalue weighted by Crippen LogP contribution is -2.17. The van der Waals surface area contributed by atoms with Gasteiger partial charge in [0.1, 0.15) is 11.6 Å². The number of nitrogens with two attached hydrogens (primary N) is 1. The van der Waals surface area contributed by atoms with Crippen molar-refractivity contribution < 1.29 is 9.13 Å². The van der Waals surface area contributed by atoms with Gasteiger partial charge in [-0.15, -0.1) is 0 Å². The Labute approximate surface area is 118 Å². The fraction of sp³-hybridized carbons (Fsp3) is 0.250. The van der Waals surface area contributed by atoms with Crippen molar-refractivity contribution in [2.24, 2.45) is 0 Å². The standard InChI is InChI=1S/C16H19FN2O/c1-19(10-12-3-6-14(17)7-4-12)11-13-5-8-15(18)9-16(13)20-2/h3-9H,10-11,18H2,1-2H3. The van der Waals surface area contributed by atoms with Crippen molar-refractivity contribution in [3.8, 4) is 5.75 Å². The Morgan fingerprint density at radius 2 is 1.80 bits per heavy atom. The molecule has 0 radical (unpaired) electrons. The average Bonchev–Trinajstić information content (AvgIpc) is 2.43. The zero-order valence-electron chi connectivity index (χ0n) is 11.8. The summed E-state index contributed by atoms with van der Waals surface area (Å²) in [6.07, 6.45) is 0. The lowest BCUT2D eigenvalue weighted by Gasteiger charge is -2.18. The SMILES string of the molecule is COc1cc(N)ccc1CN(C)Cc1ccc(F)cc1. The van der Waals surface area contributed by atoms with Crippen LogP contribution in [0.2, 0.25) is 0 Å². The lowest BCUT2D eigenvalue weighted by molar-refractivity contribution is 0.310. The first kappa shape index (κ1) is 14.3. The van der Waals surface area contributed by atoms with Gasteiger partial charge in [0.25, 0.3) is 0 Å². The third-order valence-corrected chi connectivity index (χ3v) is 3.12. The van der Waals surface area contributed by atoms with Crippen molar-refractivity contribution in [2.45, 2.75) is 13.1 Å². The van der Waals surface area contributed by atoms with Gasteiger partial charge in [0.2, 0.25) is 0 Å². The zero-order valence-corrected chi connectivity index (χ0v) is 11.8. The maximum Gasteiger partial charge on any atom is 0.125 e. The molecule has 20 heavy (non-hydrogen) atoms. The van der Waals surface area contributed by atoms with Crippen LogP contribution in [0, 0.1) is 5.82 Å². The summed E-state index contributed by atoms with van der Waals surface area (Å²) in [6, 6.07) is 12.2. The van der Waals surface area contributed by atoms with Gasteiger partial charge < -0.3 is 10.5 Å². The summed E-state index contributed by atoms with van der Waals surface area (Å²) < 4.78 is 18.2. The Hall–Kier alpha value is -2.07. The minimum absolute atomic E-state index is 0.211. The summed E-state index contributed by atoms with van der Waals surface area (Å²) in [7, 11) is 3.65. The molecule has 0 aromatic heterocycles. The van der Waals surface area contributed by atoms with Crippen LogP contribution in [-0.4, -0.2) is 19.1 Å². The van der Waals surface area contributed by atoms with E-state index in [0.29, 0.717) is 5.69 Å². The molecule has 0 atom stereocenters. The topological polar surface area (TPSA) is 38.5 Å². The largest absolute Gasteiger partial charge is 0.496 e. The minimum Gasteiger partial charge on any atom is -0.496 e. The molecule has 2 aromatic carbocycles. The summed E-state index contributed by atoms with van der Waals surface area (Å²) in [5.74, 6) is 0.576. The van der Waals surface area contributed by atoms with Crippen molar-refractivity contribution >= 4 is 5.69 Å². The minimum atomic E-state index is -0.211. The molecule has 2 aromatic rings. The highest BCUT2D eigenvalue weighted by atomic mass is 19.1. The van der Waals surface area contributed by atoms with Gasteiger partial charge in [-0.05, 0) is 30.8 Å². The van der Waals surface area contributed by atoms with Crippen LogP contribution in [-0.2, 0) is 13.1 Å². The second-order valence-electron chi connectivity index (χ2n) is 4.87. The molecule has 2 rings (SSSR count). The molecule has 0 saturated heterocycles. The van der Waals surface area contributed by atoms with E-state index in [1.165, 1.54) is 12.1 Å². The molecule has 0 saturated carbocycles. The first-order valence-electron chi connectivity index (χ1n) is 6.44. The van der Waals surface area contributed by atoms with Crippen LogP contribution in [0.4, 0.5) is 10.1 Å². The second kappa shape index (κ2) is 6.39. The molecule has 0 amide bonds. The van der Waals surface area contributed by atoms with Crippen LogP contribution in [0.15, 0.2) is 42.5 Å². The third kappa shape index (κ3) is 3.71. The third-order valence-electron chi connectivity index (χ3n) is 3.12. The highest BCUT2D eigenvalue weighted by Crippen LogP contribution is 2.23. The molecule has 0 heterocycles. The van der Waals surface area contributed by atoms with Crippen molar-refractivity contribution in [2.75, 3.05) is 19.9 Å². The number of rotatable bonds is 5. The molecule has 0 fully saturated rings. The summed E-state index contributed by atoms with van der Waals surface area (Å²) in [4.78, 5) is 2.14. The van der Waals surface area contributed by atoms with E-state index in [0.717, 1.165) is 30.0 Å². The molecule has 0 unspecified atom stereocenters. The molecule has 0 aliphatic heterocycles. The van der Waals surface area contributed by atoms with Crippen molar-refractivity contribution in [3.63, 3.8) is 0 Å². The van der Waals surface area contributed by atoms with Crippen LogP contribution in [0.1, 0.15) is 11.1 Å². The quantitative estimate of drug-likeness (QED) is 0.852. The number of nitrogen functional groups attached to an aromatic ring is 1. The average molecular weight is 274 g/mol. The number of ether oxygens (including phenoxy) is 1. The van der Waals surface area contributed by atoms with E-state index >= 15 is 0 Å². The number of hydrogen-bond acceptors (Lipinski definition) is 3. The van der Waals surface area contributed by atoms with E-state index < -0.39 is 0 Å². The van der Waals surface area contributed by atoms with Crippen molar-refractivity contribution in [1.29, 1.82) is 0 Å². The van der Waals surface area contributed by atoms with E-state index in [-0.39, 0.29) is 5.82 Å². The van der Waals surface area contributed by atoms with E-state index in [4.69, 9.17) is 10.5 Å². The first-order valence-corrected chi connectivity index (χ1v) is 6.44. The number of halogens is 1. The normalized spacial score (nSPS) is 10.8. The maximum atomic E-state index is 12.9. The molecule has 106 valence electrons. The fourth-order valence-corrected chi connectivity index (χ4v) is 2.14. The Balaban J connectivity index is 2.04. The van der Waals surface area contributed by atoms with E-state index in [1.807, 2.05) is 25.2 Å². The number of methoxy groups -OCH3 is 1. The highest BCUT2D eigenvalue weighted by molar-refractivity contribution is 5.48. The van der Waals surface area contributed by atoms with Gasteiger partial charge in [-0.25, -0.2) is 4.39 Å². The monoisotopic (exact) mass is 274 g/mol. The van der Waals surface area contributed by atoms with Crippen molar-refractivity contribution in [1.82, 2.24) is 4.90 Å². The Morgan fingerprint density at radius 3 is 2.45 bits per heavy atom. The number of hydrogen-bond donors (Lipinski definition) is 1. The fourth-order valence-electron chi connectivity index (χ4n) is 2.14. The Bertz CT molecular complexity index is 569. The molecule has 0 bridgehead atoms. The summed E-state index contributed by atoms with van der Waals surface area (Å²) in [5.41, 5.74) is 8.58. The lowest BCUT2D eigenvalue weighted by atomic mass is 10.1. The van der Waals surface area contributed by atoms with Gasteiger partial charge in [0.05, 0.1) is 7.11 Å². The number of anilines is 1. The van der Waals surface area contributed by atoms with Crippen LogP contribution in [0.25, 0.3) is 0 Å². The van der Waals surface area contributed by atoms with Gasteiger partial charge in [0.15, 0.2) is 0 Å². The number of nitrogens with zero attached hydrogens (tertiary/aromatic N) is 1. The van der Waals surface area contributed by atoms with Gasteiger partial charge in [-0.1, -0.05) is 18.2 Å².